The maximum Gasteiger partial charge on any atom is 0.134 e. The van der Waals surface area contributed by atoms with Gasteiger partial charge in [0.2, 0.25) is 0 Å². The molecule has 0 fully saturated rings. The quantitative estimate of drug-likeness (QED) is 0.777. The third kappa shape index (κ3) is 2.33. The highest BCUT2D eigenvalue weighted by Crippen LogP contribution is 2.25. The topological polar surface area (TPSA) is 37.8 Å². The van der Waals surface area contributed by atoms with Crippen LogP contribution in [0.3, 0.4) is 0 Å². The Kier molecular flexibility index (Phi) is 3.19. The molecule has 3 rings (SSSR count). The van der Waals surface area contributed by atoms with E-state index in [4.69, 9.17) is 0 Å². The van der Waals surface area contributed by atoms with Crippen LogP contribution in [0.5, 0.6) is 0 Å². The molecule has 4 heteroatoms. The van der Waals surface area contributed by atoms with Crippen LogP contribution in [0, 0.1) is 0 Å². The first-order chi connectivity index (χ1) is 8.93. The molecule has 3 nitrogen and oxygen atoms in total. The Labute approximate surface area is 110 Å². The number of anilines is 1. The first-order valence-corrected chi connectivity index (χ1v) is 6.77. The smallest absolute Gasteiger partial charge is 0.134 e. The zero-order valence-electron chi connectivity index (χ0n) is 9.84. The van der Waals surface area contributed by atoms with Gasteiger partial charge in [-0.15, -0.1) is 11.3 Å². The molecule has 0 unspecified atom stereocenters. The maximum atomic E-state index is 4.39. The molecule has 0 aliphatic carbocycles. The molecule has 3 aromatic rings. The second kappa shape index (κ2) is 5.14. The number of thiophene rings is 1. The first kappa shape index (κ1) is 11.2. The van der Waals surface area contributed by atoms with E-state index in [1.807, 2.05) is 36.7 Å². The summed E-state index contributed by atoms with van der Waals surface area (Å²) in [5, 5.41) is 6.67. The Bertz CT molecular complexity index is 634. The Morgan fingerprint density at radius 2 is 2.06 bits per heavy atom. The average molecular weight is 255 g/mol. The van der Waals surface area contributed by atoms with Crippen molar-refractivity contribution in [2.45, 2.75) is 6.42 Å². The van der Waals surface area contributed by atoms with E-state index in [0.29, 0.717) is 0 Å². The molecule has 1 N–H and O–H groups in total. The van der Waals surface area contributed by atoms with Crippen LogP contribution < -0.4 is 5.32 Å². The summed E-state index contributed by atoms with van der Waals surface area (Å²) in [6.07, 6.45) is 4.58. The zero-order chi connectivity index (χ0) is 12.2. The van der Waals surface area contributed by atoms with E-state index < -0.39 is 0 Å². The standard InChI is InChI=1S/C14H13N3S/c1-2-7-15-11(3-1)4-8-16-14-12-6-10-18-13(12)5-9-17-14/h1-3,5-7,9-10H,4,8H2,(H,16,17). The van der Waals surface area contributed by atoms with Gasteiger partial charge in [-0.2, -0.15) is 0 Å². The van der Waals surface area contributed by atoms with Gasteiger partial charge in [0.1, 0.15) is 5.82 Å². The molecular weight excluding hydrogens is 242 g/mol. The van der Waals surface area contributed by atoms with E-state index in [9.17, 15) is 0 Å². The number of hydrogen-bond acceptors (Lipinski definition) is 4. The number of nitrogens with zero attached hydrogens (tertiary/aromatic N) is 2. The van der Waals surface area contributed by atoms with Crippen molar-refractivity contribution in [2.24, 2.45) is 0 Å². The minimum atomic E-state index is 0.846. The van der Waals surface area contributed by atoms with E-state index >= 15 is 0 Å². The van der Waals surface area contributed by atoms with Gasteiger partial charge >= 0.3 is 0 Å². The molecule has 18 heavy (non-hydrogen) atoms. The SMILES string of the molecule is c1ccc(CCNc2nccc3sccc23)nc1. The Morgan fingerprint density at radius 3 is 2.94 bits per heavy atom. The second-order valence-corrected chi connectivity index (χ2v) is 4.94. The first-order valence-electron chi connectivity index (χ1n) is 5.89. The van der Waals surface area contributed by atoms with Gasteiger partial charge in [0.15, 0.2) is 0 Å². The number of aromatic nitrogens is 2. The number of nitrogens with one attached hydrogen (secondary N) is 1. The van der Waals surface area contributed by atoms with Crippen molar-refractivity contribution in [3.8, 4) is 0 Å². The average Bonchev–Trinajstić information content (AvgIpc) is 2.89. The van der Waals surface area contributed by atoms with Crippen molar-refractivity contribution in [2.75, 3.05) is 11.9 Å². The number of pyridine rings is 2. The fourth-order valence-corrected chi connectivity index (χ4v) is 2.67. The van der Waals surface area contributed by atoms with E-state index in [0.717, 1.165) is 24.5 Å². The molecule has 0 aliphatic heterocycles. The molecule has 3 heterocycles. The largest absolute Gasteiger partial charge is 0.369 e. The van der Waals surface area contributed by atoms with Crippen LogP contribution in [-0.2, 0) is 6.42 Å². The van der Waals surface area contributed by atoms with E-state index in [1.165, 1.54) is 10.1 Å². The van der Waals surface area contributed by atoms with Crippen LogP contribution in [0.15, 0.2) is 48.1 Å². The molecule has 0 atom stereocenters. The van der Waals surface area contributed by atoms with Crippen LogP contribution in [-0.4, -0.2) is 16.5 Å². The van der Waals surface area contributed by atoms with Crippen LogP contribution in [0.1, 0.15) is 5.69 Å². The summed E-state index contributed by atoms with van der Waals surface area (Å²) in [4.78, 5) is 8.69. The molecule has 90 valence electrons. The van der Waals surface area contributed by atoms with Gasteiger partial charge in [-0.1, -0.05) is 6.07 Å². The predicted molar refractivity (Wildman–Crippen MR) is 76.1 cm³/mol. The van der Waals surface area contributed by atoms with E-state index in [-0.39, 0.29) is 0 Å². The van der Waals surface area contributed by atoms with Crippen molar-refractivity contribution >= 4 is 27.2 Å². The van der Waals surface area contributed by atoms with E-state index in [2.05, 4.69) is 26.7 Å². The van der Waals surface area contributed by atoms with Crippen molar-refractivity contribution < 1.29 is 0 Å². The summed E-state index contributed by atoms with van der Waals surface area (Å²) in [6, 6.07) is 10.1. The third-order valence-corrected chi connectivity index (χ3v) is 3.66. The number of fused-ring (bicyclic) bond motifs is 1. The van der Waals surface area contributed by atoms with Gasteiger partial charge in [-0.3, -0.25) is 4.98 Å². The summed E-state index contributed by atoms with van der Waals surface area (Å²) in [5.41, 5.74) is 1.10. The Morgan fingerprint density at radius 1 is 1.06 bits per heavy atom. The summed E-state index contributed by atoms with van der Waals surface area (Å²) >= 11 is 1.74. The molecule has 0 aliphatic rings. The lowest BCUT2D eigenvalue weighted by atomic mass is 10.2. The van der Waals surface area contributed by atoms with Gasteiger partial charge in [0.25, 0.3) is 0 Å². The van der Waals surface area contributed by atoms with Crippen LogP contribution in [0.25, 0.3) is 10.1 Å². The van der Waals surface area contributed by atoms with Crippen molar-refractivity contribution in [1.29, 1.82) is 0 Å². The molecule has 0 bridgehead atoms. The van der Waals surface area contributed by atoms with Crippen LogP contribution in [0.4, 0.5) is 5.82 Å². The second-order valence-electron chi connectivity index (χ2n) is 3.99. The summed E-state index contributed by atoms with van der Waals surface area (Å²) in [7, 11) is 0. The molecule has 3 aromatic heterocycles. The molecule has 0 spiro atoms. The molecule has 0 saturated carbocycles. The third-order valence-electron chi connectivity index (χ3n) is 2.78. The normalized spacial score (nSPS) is 10.7. The molecule has 0 saturated heterocycles. The van der Waals surface area contributed by atoms with Crippen LogP contribution in [0.2, 0.25) is 0 Å². The maximum absolute atomic E-state index is 4.39. The summed E-state index contributed by atoms with van der Waals surface area (Å²) < 4.78 is 1.27. The minimum Gasteiger partial charge on any atom is -0.369 e. The minimum absolute atomic E-state index is 0.846. The van der Waals surface area contributed by atoms with Crippen molar-refractivity contribution in [3.63, 3.8) is 0 Å². The van der Waals surface area contributed by atoms with E-state index in [1.54, 1.807) is 11.3 Å². The number of rotatable bonds is 4. The lowest BCUT2D eigenvalue weighted by Gasteiger charge is -2.06. The lowest BCUT2D eigenvalue weighted by Crippen LogP contribution is -2.07. The fraction of sp³-hybridized carbons (Fsp3) is 0.143. The van der Waals surface area contributed by atoms with Gasteiger partial charge < -0.3 is 5.32 Å². The Balaban J connectivity index is 1.68. The zero-order valence-corrected chi connectivity index (χ0v) is 10.7. The molecular formula is C14H13N3S. The van der Waals surface area contributed by atoms with Gasteiger partial charge in [-0.05, 0) is 29.6 Å². The van der Waals surface area contributed by atoms with Gasteiger partial charge in [0.05, 0.1) is 0 Å². The summed E-state index contributed by atoms with van der Waals surface area (Å²) in [6.45, 7) is 0.846. The molecule has 0 radical (unpaired) electrons. The summed E-state index contributed by atoms with van der Waals surface area (Å²) in [5.74, 6) is 0.963. The van der Waals surface area contributed by atoms with Crippen molar-refractivity contribution in [1.82, 2.24) is 9.97 Å². The molecule has 0 aromatic carbocycles. The highest BCUT2D eigenvalue weighted by Gasteiger charge is 2.02. The number of hydrogen-bond donors (Lipinski definition) is 1. The lowest BCUT2D eigenvalue weighted by molar-refractivity contribution is 0.956. The van der Waals surface area contributed by atoms with Gasteiger partial charge in [-0.25, -0.2) is 4.98 Å². The molecule has 0 amide bonds. The van der Waals surface area contributed by atoms with Crippen molar-refractivity contribution in [3.05, 3.63) is 53.8 Å². The monoisotopic (exact) mass is 255 g/mol. The highest BCUT2D eigenvalue weighted by atomic mass is 32.1. The van der Waals surface area contributed by atoms with Gasteiger partial charge in [0, 0.05) is 41.1 Å². The highest BCUT2D eigenvalue weighted by molar-refractivity contribution is 7.17. The Hall–Kier alpha value is -1.94. The predicted octanol–water partition coefficient (Wildman–Crippen LogP) is 3.35. The van der Waals surface area contributed by atoms with Crippen LogP contribution >= 0.6 is 11.3 Å². The fourth-order valence-electron chi connectivity index (χ4n) is 1.89.